The van der Waals surface area contributed by atoms with E-state index >= 15 is 0 Å². The molecule has 0 saturated carbocycles. The number of benzene rings is 2. The van der Waals surface area contributed by atoms with Crippen LogP contribution in [0, 0.1) is 0 Å². The second-order valence-corrected chi connectivity index (χ2v) is 6.37. The van der Waals surface area contributed by atoms with Gasteiger partial charge < -0.3 is 10.2 Å². The number of nitrogens with one attached hydrogen (secondary N) is 1. The number of para-hydroxylation sites is 1. The number of halogens is 3. The van der Waals surface area contributed by atoms with Gasteiger partial charge in [0, 0.05) is 24.2 Å². The number of nitrogens with zero attached hydrogens (tertiary/aromatic N) is 1. The van der Waals surface area contributed by atoms with Crippen molar-refractivity contribution in [1.82, 2.24) is 4.90 Å². The Hall–Kier alpha value is -2.83. The van der Waals surface area contributed by atoms with Gasteiger partial charge in [-0.25, -0.2) is 0 Å². The van der Waals surface area contributed by atoms with Crippen LogP contribution >= 0.6 is 0 Å². The first-order valence-electron chi connectivity index (χ1n) is 9.14. The van der Waals surface area contributed by atoms with E-state index in [4.69, 9.17) is 0 Å². The molecular formula is C21H23F3N2O2. The molecule has 4 nitrogen and oxygen atoms in total. The maximum atomic E-state index is 13.1. The second kappa shape index (κ2) is 9.39. The van der Waals surface area contributed by atoms with Crippen molar-refractivity contribution in [2.45, 2.75) is 32.9 Å². The Morgan fingerprint density at radius 3 is 2.14 bits per heavy atom. The van der Waals surface area contributed by atoms with Crippen LogP contribution in [-0.2, 0) is 6.18 Å². The highest BCUT2D eigenvalue weighted by molar-refractivity contribution is 6.06. The molecule has 2 aromatic rings. The number of amides is 2. The molecule has 0 spiro atoms. The van der Waals surface area contributed by atoms with Crippen LogP contribution in [0.5, 0.6) is 0 Å². The minimum Gasteiger partial charge on any atom is -0.339 e. The highest BCUT2D eigenvalue weighted by atomic mass is 19.4. The highest BCUT2D eigenvalue weighted by Crippen LogP contribution is 2.34. The van der Waals surface area contributed by atoms with Crippen LogP contribution in [0.25, 0.3) is 0 Å². The fourth-order valence-electron chi connectivity index (χ4n) is 2.86. The van der Waals surface area contributed by atoms with Gasteiger partial charge in [-0.05, 0) is 43.2 Å². The minimum atomic E-state index is -4.58. The van der Waals surface area contributed by atoms with Crippen molar-refractivity contribution in [2.75, 3.05) is 18.4 Å². The summed E-state index contributed by atoms with van der Waals surface area (Å²) in [6.07, 6.45) is -2.97. The summed E-state index contributed by atoms with van der Waals surface area (Å²) >= 11 is 0. The van der Waals surface area contributed by atoms with Crippen LogP contribution in [0.4, 0.5) is 18.9 Å². The smallest absolute Gasteiger partial charge is 0.339 e. The predicted octanol–water partition coefficient (Wildman–Crippen LogP) is 5.22. The van der Waals surface area contributed by atoms with Crippen molar-refractivity contribution in [3.8, 4) is 0 Å². The van der Waals surface area contributed by atoms with Gasteiger partial charge in [0.2, 0.25) is 0 Å². The monoisotopic (exact) mass is 392 g/mol. The molecular weight excluding hydrogens is 369 g/mol. The molecule has 0 aromatic heterocycles. The summed E-state index contributed by atoms with van der Waals surface area (Å²) in [5.41, 5.74) is -0.794. The van der Waals surface area contributed by atoms with Crippen molar-refractivity contribution in [2.24, 2.45) is 0 Å². The van der Waals surface area contributed by atoms with Gasteiger partial charge in [-0.2, -0.15) is 13.2 Å². The molecule has 0 bridgehead atoms. The zero-order valence-corrected chi connectivity index (χ0v) is 15.8. The Morgan fingerprint density at radius 1 is 0.929 bits per heavy atom. The summed E-state index contributed by atoms with van der Waals surface area (Å²) < 4.78 is 39.3. The lowest BCUT2D eigenvalue weighted by Crippen LogP contribution is -2.32. The van der Waals surface area contributed by atoms with E-state index in [1.807, 2.05) is 13.8 Å². The van der Waals surface area contributed by atoms with Crippen molar-refractivity contribution in [1.29, 1.82) is 0 Å². The SMILES string of the molecule is CCCN(CCC)C(=O)c1cccc(C(=O)Nc2ccccc2C(F)(F)F)c1. The Morgan fingerprint density at radius 2 is 1.54 bits per heavy atom. The van der Waals surface area contributed by atoms with Gasteiger partial charge in [0.1, 0.15) is 0 Å². The first-order valence-corrected chi connectivity index (χ1v) is 9.14. The van der Waals surface area contributed by atoms with Crippen LogP contribution in [0.1, 0.15) is 53.0 Å². The molecule has 0 aliphatic rings. The molecule has 2 amide bonds. The van der Waals surface area contributed by atoms with E-state index in [0.29, 0.717) is 18.7 Å². The Bertz CT molecular complexity index is 828. The molecule has 28 heavy (non-hydrogen) atoms. The standard InChI is InChI=1S/C21H23F3N2O2/c1-3-12-26(13-4-2)20(28)16-9-7-8-15(14-16)19(27)25-18-11-6-5-10-17(18)21(22,23)24/h5-11,14H,3-4,12-13H2,1-2H3,(H,25,27). The minimum absolute atomic E-state index is 0.121. The topological polar surface area (TPSA) is 49.4 Å². The largest absolute Gasteiger partial charge is 0.418 e. The van der Waals surface area contributed by atoms with Crippen LogP contribution in [0.3, 0.4) is 0 Å². The molecule has 2 aromatic carbocycles. The molecule has 0 atom stereocenters. The maximum Gasteiger partial charge on any atom is 0.418 e. The lowest BCUT2D eigenvalue weighted by atomic mass is 10.1. The first kappa shape index (κ1) is 21.5. The summed E-state index contributed by atoms with van der Waals surface area (Å²) in [5, 5.41) is 2.30. The molecule has 0 unspecified atom stereocenters. The molecule has 0 aliphatic heterocycles. The second-order valence-electron chi connectivity index (χ2n) is 6.37. The number of rotatable bonds is 7. The molecule has 150 valence electrons. The summed E-state index contributed by atoms with van der Waals surface area (Å²) in [6, 6.07) is 10.8. The summed E-state index contributed by atoms with van der Waals surface area (Å²) in [4.78, 5) is 26.9. The normalized spacial score (nSPS) is 11.2. The molecule has 0 aliphatic carbocycles. The first-order chi connectivity index (χ1) is 13.3. The zero-order chi connectivity index (χ0) is 20.7. The van der Waals surface area contributed by atoms with Crippen molar-refractivity contribution >= 4 is 17.5 Å². The third-order valence-electron chi connectivity index (χ3n) is 4.13. The van der Waals surface area contributed by atoms with Gasteiger partial charge in [-0.1, -0.05) is 32.0 Å². The number of hydrogen-bond acceptors (Lipinski definition) is 2. The molecule has 1 N–H and O–H groups in total. The van der Waals surface area contributed by atoms with Gasteiger partial charge in [-0.3, -0.25) is 9.59 Å². The number of anilines is 1. The van der Waals surface area contributed by atoms with Gasteiger partial charge in [0.15, 0.2) is 0 Å². The molecule has 0 heterocycles. The van der Waals surface area contributed by atoms with E-state index < -0.39 is 17.6 Å². The van der Waals surface area contributed by atoms with E-state index in [0.717, 1.165) is 18.9 Å². The van der Waals surface area contributed by atoms with E-state index in [9.17, 15) is 22.8 Å². The lowest BCUT2D eigenvalue weighted by molar-refractivity contribution is -0.136. The zero-order valence-electron chi connectivity index (χ0n) is 15.8. The van der Waals surface area contributed by atoms with E-state index in [1.165, 1.54) is 30.3 Å². The molecule has 0 radical (unpaired) electrons. The number of carbonyl (C=O) groups excluding carboxylic acids is 2. The van der Waals surface area contributed by atoms with Crippen LogP contribution in [0.2, 0.25) is 0 Å². The van der Waals surface area contributed by atoms with Crippen molar-refractivity contribution in [3.05, 3.63) is 65.2 Å². The van der Waals surface area contributed by atoms with Crippen molar-refractivity contribution < 1.29 is 22.8 Å². The average Bonchev–Trinajstić information content (AvgIpc) is 2.67. The molecule has 7 heteroatoms. The van der Waals surface area contributed by atoms with Crippen LogP contribution in [-0.4, -0.2) is 29.8 Å². The summed E-state index contributed by atoms with van der Waals surface area (Å²) in [6.45, 7) is 5.14. The number of hydrogen-bond donors (Lipinski definition) is 1. The summed E-state index contributed by atoms with van der Waals surface area (Å²) in [5.74, 6) is -0.905. The fourth-order valence-corrected chi connectivity index (χ4v) is 2.86. The summed E-state index contributed by atoms with van der Waals surface area (Å²) in [7, 11) is 0. The Labute approximate surface area is 162 Å². The quantitative estimate of drug-likeness (QED) is 0.702. The Balaban J connectivity index is 2.25. The Kier molecular flexibility index (Phi) is 7.20. The molecule has 0 fully saturated rings. The molecule has 0 saturated heterocycles. The fraction of sp³-hybridized carbons (Fsp3) is 0.333. The number of carbonyl (C=O) groups is 2. The van der Waals surface area contributed by atoms with E-state index in [1.54, 1.807) is 17.0 Å². The van der Waals surface area contributed by atoms with Crippen LogP contribution < -0.4 is 5.32 Å². The van der Waals surface area contributed by atoms with Gasteiger partial charge >= 0.3 is 6.18 Å². The third kappa shape index (κ3) is 5.34. The van der Waals surface area contributed by atoms with E-state index in [2.05, 4.69) is 5.32 Å². The number of alkyl halides is 3. The van der Waals surface area contributed by atoms with Gasteiger partial charge in [-0.15, -0.1) is 0 Å². The van der Waals surface area contributed by atoms with Gasteiger partial charge in [0.05, 0.1) is 11.3 Å². The van der Waals surface area contributed by atoms with Gasteiger partial charge in [0.25, 0.3) is 11.8 Å². The van der Waals surface area contributed by atoms with E-state index in [-0.39, 0.29) is 17.2 Å². The van der Waals surface area contributed by atoms with Crippen molar-refractivity contribution in [3.63, 3.8) is 0 Å². The third-order valence-corrected chi connectivity index (χ3v) is 4.13. The maximum absolute atomic E-state index is 13.1. The molecule has 2 rings (SSSR count). The highest BCUT2D eigenvalue weighted by Gasteiger charge is 2.33. The van der Waals surface area contributed by atoms with Crippen LogP contribution in [0.15, 0.2) is 48.5 Å². The average molecular weight is 392 g/mol. The lowest BCUT2D eigenvalue weighted by Gasteiger charge is -2.21. The predicted molar refractivity (Wildman–Crippen MR) is 102 cm³/mol.